The average molecular weight is 304 g/mol. The molecule has 6 nitrogen and oxygen atoms in total. The zero-order chi connectivity index (χ0) is 15.8. The number of hydrogen-bond donors (Lipinski definition) is 3. The molecule has 0 spiro atoms. The van der Waals surface area contributed by atoms with E-state index >= 15 is 0 Å². The Morgan fingerprint density at radius 1 is 1.32 bits per heavy atom. The van der Waals surface area contributed by atoms with E-state index in [2.05, 4.69) is 45.1 Å². The van der Waals surface area contributed by atoms with Crippen molar-refractivity contribution in [3.05, 3.63) is 24.3 Å². The lowest BCUT2D eigenvalue weighted by Crippen LogP contribution is -2.43. The van der Waals surface area contributed by atoms with Gasteiger partial charge in [-0.15, -0.1) is 0 Å². The third-order valence-electron chi connectivity index (χ3n) is 3.79. The summed E-state index contributed by atoms with van der Waals surface area (Å²) in [6, 6.07) is 8.56. The molecule has 1 aromatic carbocycles. The van der Waals surface area contributed by atoms with Gasteiger partial charge in [0.15, 0.2) is 0 Å². The smallest absolute Gasteiger partial charge is 0.226 e. The SMILES string of the molecule is CC(CCC(=O)NC=O)Nc1ccc(N2CCNCC2)cc1. The molecule has 1 fully saturated rings. The molecule has 0 aliphatic carbocycles. The van der Waals surface area contributed by atoms with Crippen LogP contribution in [0.25, 0.3) is 0 Å². The van der Waals surface area contributed by atoms with Crippen molar-refractivity contribution >= 4 is 23.7 Å². The highest BCUT2D eigenvalue weighted by Gasteiger charge is 2.10. The van der Waals surface area contributed by atoms with E-state index in [4.69, 9.17) is 0 Å². The first-order valence-corrected chi connectivity index (χ1v) is 7.74. The lowest BCUT2D eigenvalue weighted by Gasteiger charge is -2.29. The molecule has 6 heteroatoms. The summed E-state index contributed by atoms with van der Waals surface area (Å²) in [5.74, 6) is -0.238. The van der Waals surface area contributed by atoms with Crippen LogP contribution in [0.1, 0.15) is 19.8 Å². The number of anilines is 2. The Balaban J connectivity index is 1.80. The number of hydrogen-bond acceptors (Lipinski definition) is 5. The lowest BCUT2D eigenvalue weighted by molar-refractivity contribution is -0.125. The molecule has 0 bridgehead atoms. The summed E-state index contributed by atoms with van der Waals surface area (Å²) in [4.78, 5) is 23.8. The molecule has 2 rings (SSSR count). The van der Waals surface area contributed by atoms with Crippen molar-refractivity contribution in [2.24, 2.45) is 0 Å². The predicted molar refractivity (Wildman–Crippen MR) is 88.1 cm³/mol. The van der Waals surface area contributed by atoms with E-state index in [1.54, 1.807) is 0 Å². The molecule has 1 atom stereocenters. The Morgan fingerprint density at radius 2 is 2.00 bits per heavy atom. The summed E-state index contributed by atoms with van der Waals surface area (Å²) in [7, 11) is 0. The van der Waals surface area contributed by atoms with E-state index in [0.29, 0.717) is 19.3 Å². The molecule has 0 radical (unpaired) electrons. The van der Waals surface area contributed by atoms with Gasteiger partial charge >= 0.3 is 0 Å². The third-order valence-corrected chi connectivity index (χ3v) is 3.79. The number of nitrogens with zero attached hydrogens (tertiary/aromatic N) is 1. The van der Waals surface area contributed by atoms with Gasteiger partial charge in [0, 0.05) is 50.0 Å². The zero-order valence-corrected chi connectivity index (χ0v) is 13.0. The van der Waals surface area contributed by atoms with Gasteiger partial charge in [-0.25, -0.2) is 0 Å². The Hall–Kier alpha value is -2.08. The maximum Gasteiger partial charge on any atom is 0.226 e. The minimum Gasteiger partial charge on any atom is -0.383 e. The van der Waals surface area contributed by atoms with Crippen LogP contribution in [-0.4, -0.2) is 44.5 Å². The molecule has 1 unspecified atom stereocenters. The molecule has 120 valence electrons. The first-order chi connectivity index (χ1) is 10.7. The van der Waals surface area contributed by atoms with Crippen LogP contribution in [0.2, 0.25) is 0 Å². The largest absolute Gasteiger partial charge is 0.383 e. The molecule has 1 aliphatic heterocycles. The van der Waals surface area contributed by atoms with E-state index in [1.807, 2.05) is 6.92 Å². The summed E-state index contributed by atoms with van der Waals surface area (Å²) in [5.41, 5.74) is 2.28. The van der Waals surface area contributed by atoms with Gasteiger partial charge in [0.1, 0.15) is 0 Å². The first-order valence-electron chi connectivity index (χ1n) is 7.74. The summed E-state index contributed by atoms with van der Waals surface area (Å²) in [5, 5.41) is 8.87. The number of nitrogens with one attached hydrogen (secondary N) is 3. The Kier molecular flexibility index (Phi) is 6.21. The molecular formula is C16H24N4O2. The first kappa shape index (κ1) is 16.3. The van der Waals surface area contributed by atoms with E-state index in [0.717, 1.165) is 31.9 Å². The molecule has 1 aromatic rings. The molecule has 3 N–H and O–H groups in total. The van der Waals surface area contributed by atoms with E-state index in [9.17, 15) is 9.59 Å². The van der Waals surface area contributed by atoms with Gasteiger partial charge in [0.2, 0.25) is 12.3 Å². The van der Waals surface area contributed by atoms with Crippen LogP contribution in [-0.2, 0) is 9.59 Å². The van der Waals surface area contributed by atoms with Gasteiger partial charge in [-0.1, -0.05) is 0 Å². The molecular weight excluding hydrogens is 280 g/mol. The van der Waals surface area contributed by atoms with E-state index < -0.39 is 0 Å². The summed E-state index contributed by atoms with van der Waals surface area (Å²) in [6.45, 7) is 6.15. The third kappa shape index (κ3) is 5.04. The molecule has 1 aliphatic rings. The average Bonchev–Trinajstić information content (AvgIpc) is 2.55. The monoisotopic (exact) mass is 304 g/mol. The Labute approximate surface area is 131 Å². The highest BCUT2D eigenvalue weighted by Crippen LogP contribution is 2.19. The number of carbonyl (C=O) groups excluding carboxylic acids is 2. The fraction of sp³-hybridized carbons (Fsp3) is 0.500. The van der Waals surface area contributed by atoms with Crippen molar-refractivity contribution in [1.82, 2.24) is 10.6 Å². The van der Waals surface area contributed by atoms with Crippen molar-refractivity contribution in [2.45, 2.75) is 25.8 Å². The van der Waals surface area contributed by atoms with Crippen molar-refractivity contribution in [3.8, 4) is 0 Å². The number of piperazine rings is 1. The van der Waals surface area contributed by atoms with Crippen LogP contribution in [0.3, 0.4) is 0 Å². The molecule has 2 amide bonds. The van der Waals surface area contributed by atoms with Crippen molar-refractivity contribution in [1.29, 1.82) is 0 Å². The van der Waals surface area contributed by atoms with Crippen LogP contribution >= 0.6 is 0 Å². The zero-order valence-electron chi connectivity index (χ0n) is 13.0. The minimum absolute atomic E-state index is 0.169. The number of carbonyl (C=O) groups is 2. The van der Waals surface area contributed by atoms with Gasteiger partial charge in [-0.3, -0.25) is 14.9 Å². The van der Waals surface area contributed by atoms with Crippen LogP contribution in [0.15, 0.2) is 24.3 Å². The van der Waals surface area contributed by atoms with Gasteiger partial charge in [-0.2, -0.15) is 0 Å². The molecule has 1 saturated heterocycles. The molecule has 0 aromatic heterocycles. The fourth-order valence-electron chi connectivity index (χ4n) is 2.53. The van der Waals surface area contributed by atoms with Crippen LogP contribution in [0.4, 0.5) is 11.4 Å². The van der Waals surface area contributed by atoms with Crippen LogP contribution < -0.4 is 20.9 Å². The molecule has 0 saturated carbocycles. The quantitative estimate of drug-likeness (QED) is 0.654. The minimum atomic E-state index is -0.238. The van der Waals surface area contributed by atoms with Gasteiger partial charge in [0.25, 0.3) is 0 Å². The van der Waals surface area contributed by atoms with Crippen molar-refractivity contribution in [3.63, 3.8) is 0 Å². The Bertz CT molecular complexity index is 483. The number of amides is 2. The molecule has 22 heavy (non-hydrogen) atoms. The second-order valence-corrected chi connectivity index (χ2v) is 5.55. The second kappa shape index (κ2) is 8.38. The lowest BCUT2D eigenvalue weighted by atomic mass is 10.1. The predicted octanol–water partition coefficient (Wildman–Crippen LogP) is 0.949. The summed E-state index contributed by atoms with van der Waals surface area (Å²) >= 11 is 0. The highest BCUT2D eigenvalue weighted by atomic mass is 16.2. The summed E-state index contributed by atoms with van der Waals surface area (Å²) < 4.78 is 0. The normalized spacial score (nSPS) is 16.0. The number of imide groups is 1. The van der Waals surface area contributed by atoms with Gasteiger partial charge < -0.3 is 15.5 Å². The van der Waals surface area contributed by atoms with Crippen molar-refractivity contribution < 1.29 is 9.59 Å². The molecule has 1 heterocycles. The fourth-order valence-corrected chi connectivity index (χ4v) is 2.53. The van der Waals surface area contributed by atoms with Crippen molar-refractivity contribution in [2.75, 3.05) is 36.4 Å². The maximum absolute atomic E-state index is 11.2. The van der Waals surface area contributed by atoms with Gasteiger partial charge in [-0.05, 0) is 37.6 Å². The van der Waals surface area contributed by atoms with Crippen LogP contribution in [0, 0.1) is 0 Å². The maximum atomic E-state index is 11.2. The standard InChI is InChI=1S/C16H24N4O2/c1-13(2-7-16(22)18-12-21)19-14-3-5-15(6-4-14)20-10-8-17-9-11-20/h3-6,12-13,17,19H,2,7-11H2,1H3,(H,18,21,22). The number of rotatable bonds is 7. The van der Waals surface area contributed by atoms with E-state index in [1.165, 1.54) is 5.69 Å². The van der Waals surface area contributed by atoms with Gasteiger partial charge in [0.05, 0.1) is 0 Å². The Morgan fingerprint density at radius 3 is 2.64 bits per heavy atom. The number of benzene rings is 1. The second-order valence-electron chi connectivity index (χ2n) is 5.55. The van der Waals surface area contributed by atoms with Crippen LogP contribution in [0.5, 0.6) is 0 Å². The highest BCUT2D eigenvalue weighted by molar-refractivity contribution is 5.85. The topological polar surface area (TPSA) is 73.5 Å². The van der Waals surface area contributed by atoms with E-state index in [-0.39, 0.29) is 11.9 Å². The summed E-state index contributed by atoms with van der Waals surface area (Å²) in [6.07, 6.45) is 1.44.